The van der Waals surface area contributed by atoms with Crippen LogP contribution in [0.3, 0.4) is 0 Å². The van der Waals surface area contributed by atoms with Gasteiger partial charge in [0.05, 0.1) is 6.10 Å². The van der Waals surface area contributed by atoms with Crippen LogP contribution < -0.4 is 10.6 Å². The van der Waals surface area contributed by atoms with Gasteiger partial charge in [-0.25, -0.2) is 0 Å². The summed E-state index contributed by atoms with van der Waals surface area (Å²) in [7, 11) is 0. The van der Waals surface area contributed by atoms with E-state index in [1.54, 1.807) is 0 Å². The minimum absolute atomic E-state index is 0.534. The zero-order chi connectivity index (χ0) is 10.1. The summed E-state index contributed by atoms with van der Waals surface area (Å²) in [6, 6.07) is 1.33. The average molecular weight is 210 g/mol. The first-order valence-corrected chi connectivity index (χ1v) is 6.52. The van der Waals surface area contributed by atoms with E-state index in [4.69, 9.17) is 4.74 Å². The zero-order valence-corrected chi connectivity index (χ0v) is 9.37. The lowest BCUT2D eigenvalue weighted by atomic mass is 10.0. The lowest BCUT2D eigenvalue weighted by Gasteiger charge is -2.29. The molecule has 15 heavy (non-hydrogen) atoms. The molecule has 3 unspecified atom stereocenters. The quantitative estimate of drug-likeness (QED) is 0.726. The Morgan fingerprint density at radius 3 is 2.80 bits per heavy atom. The maximum atomic E-state index is 5.85. The van der Waals surface area contributed by atoms with E-state index in [9.17, 15) is 0 Å². The number of nitrogens with one attached hydrogen (secondary N) is 2. The van der Waals surface area contributed by atoms with Crippen molar-refractivity contribution in [2.24, 2.45) is 5.92 Å². The van der Waals surface area contributed by atoms with Crippen LogP contribution in [0, 0.1) is 5.92 Å². The van der Waals surface area contributed by atoms with Crippen LogP contribution in [0.4, 0.5) is 0 Å². The van der Waals surface area contributed by atoms with Crippen molar-refractivity contribution in [3.8, 4) is 0 Å². The molecule has 0 aromatic carbocycles. The summed E-state index contributed by atoms with van der Waals surface area (Å²) in [5, 5.41) is 7.27. The van der Waals surface area contributed by atoms with Gasteiger partial charge in [0.25, 0.3) is 0 Å². The fourth-order valence-electron chi connectivity index (χ4n) is 2.98. The smallest absolute Gasteiger partial charge is 0.0757 e. The van der Waals surface area contributed by atoms with Gasteiger partial charge in [-0.1, -0.05) is 0 Å². The standard InChI is InChI=1S/C12H22N2O/c1-2-10(8-13-6-1)14-11-5-7-15-12(11)9-3-4-9/h9-14H,1-8H2. The molecule has 0 aromatic rings. The van der Waals surface area contributed by atoms with Crippen LogP contribution in [0.1, 0.15) is 32.1 Å². The van der Waals surface area contributed by atoms with Crippen molar-refractivity contribution in [2.75, 3.05) is 19.7 Å². The molecule has 3 atom stereocenters. The molecular weight excluding hydrogens is 188 g/mol. The molecule has 1 saturated carbocycles. The molecule has 3 fully saturated rings. The van der Waals surface area contributed by atoms with E-state index in [1.165, 1.54) is 38.6 Å². The highest BCUT2D eigenvalue weighted by Crippen LogP contribution is 2.38. The third-order valence-electron chi connectivity index (χ3n) is 3.97. The van der Waals surface area contributed by atoms with Gasteiger partial charge in [0.2, 0.25) is 0 Å². The first-order valence-electron chi connectivity index (χ1n) is 6.52. The van der Waals surface area contributed by atoms with Gasteiger partial charge in [-0.2, -0.15) is 0 Å². The summed E-state index contributed by atoms with van der Waals surface area (Å²) in [6.07, 6.45) is 7.20. The van der Waals surface area contributed by atoms with Crippen molar-refractivity contribution < 1.29 is 4.74 Å². The second-order valence-corrected chi connectivity index (χ2v) is 5.28. The van der Waals surface area contributed by atoms with Crippen LogP contribution in [0.2, 0.25) is 0 Å². The monoisotopic (exact) mass is 210 g/mol. The van der Waals surface area contributed by atoms with Crippen molar-refractivity contribution in [3.05, 3.63) is 0 Å². The molecule has 0 radical (unpaired) electrons. The highest BCUT2D eigenvalue weighted by atomic mass is 16.5. The van der Waals surface area contributed by atoms with Gasteiger partial charge in [0.15, 0.2) is 0 Å². The number of rotatable bonds is 3. The van der Waals surface area contributed by atoms with Gasteiger partial charge in [0.1, 0.15) is 0 Å². The Labute approximate surface area is 91.9 Å². The molecule has 2 aliphatic heterocycles. The van der Waals surface area contributed by atoms with E-state index in [2.05, 4.69) is 10.6 Å². The first kappa shape index (κ1) is 10.1. The molecule has 2 saturated heterocycles. The molecule has 3 aliphatic rings. The van der Waals surface area contributed by atoms with Gasteiger partial charge in [-0.15, -0.1) is 0 Å². The van der Waals surface area contributed by atoms with Gasteiger partial charge in [0, 0.05) is 25.2 Å². The molecule has 3 nitrogen and oxygen atoms in total. The van der Waals surface area contributed by atoms with Gasteiger partial charge in [-0.3, -0.25) is 0 Å². The zero-order valence-electron chi connectivity index (χ0n) is 9.37. The van der Waals surface area contributed by atoms with E-state index < -0.39 is 0 Å². The topological polar surface area (TPSA) is 33.3 Å². The number of piperidine rings is 1. The Bertz CT molecular complexity index is 212. The van der Waals surface area contributed by atoms with Crippen LogP contribution in [-0.4, -0.2) is 37.9 Å². The Morgan fingerprint density at radius 2 is 2.07 bits per heavy atom. The second kappa shape index (κ2) is 4.40. The molecule has 0 spiro atoms. The largest absolute Gasteiger partial charge is 0.376 e. The van der Waals surface area contributed by atoms with Crippen molar-refractivity contribution in [1.82, 2.24) is 10.6 Å². The highest BCUT2D eigenvalue weighted by molar-refractivity contribution is 4.95. The Morgan fingerprint density at radius 1 is 1.13 bits per heavy atom. The van der Waals surface area contributed by atoms with E-state index in [0.29, 0.717) is 18.2 Å². The Balaban J connectivity index is 1.52. The maximum Gasteiger partial charge on any atom is 0.0757 e. The predicted octanol–water partition coefficient (Wildman–Crippen LogP) is 0.895. The molecule has 3 rings (SSSR count). The van der Waals surface area contributed by atoms with E-state index in [1.807, 2.05) is 0 Å². The summed E-state index contributed by atoms with van der Waals surface area (Å²) < 4.78 is 5.85. The molecule has 3 heteroatoms. The van der Waals surface area contributed by atoms with Crippen molar-refractivity contribution in [3.63, 3.8) is 0 Å². The molecule has 0 aromatic heterocycles. The van der Waals surface area contributed by atoms with Crippen LogP contribution in [-0.2, 0) is 4.74 Å². The minimum Gasteiger partial charge on any atom is -0.376 e. The molecule has 2 heterocycles. The third-order valence-corrected chi connectivity index (χ3v) is 3.97. The molecule has 2 N–H and O–H groups in total. The fourth-order valence-corrected chi connectivity index (χ4v) is 2.98. The summed E-state index contributed by atoms with van der Waals surface area (Å²) in [5.74, 6) is 0.876. The fraction of sp³-hybridized carbons (Fsp3) is 1.00. The molecule has 0 amide bonds. The highest BCUT2D eigenvalue weighted by Gasteiger charge is 2.41. The average Bonchev–Trinajstić information content (AvgIpc) is 3.02. The normalized spacial score (nSPS) is 42.0. The van der Waals surface area contributed by atoms with E-state index in [-0.39, 0.29) is 0 Å². The third kappa shape index (κ3) is 2.35. The minimum atomic E-state index is 0.534. The second-order valence-electron chi connectivity index (χ2n) is 5.28. The predicted molar refractivity (Wildman–Crippen MR) is 59.9 cm³/mol. The number of hydrogen-bond donors (Lipinski definition) is 2. The van der Waals surface area contributed by atoms with Crippen LogP contribution >= 0.6 is 0 Å². The Hall–Kier alpha value is -0.120. The lowest BCUT2D eigenvalue weighted by molar-refractivity contribution is 0.0780. The van der Waals surface area contributed by atoms with Crippen molar-refractivity contribution in [1.29, 1.82) is 0 Å². The van der Waals surface area contributed by atoms with Gasteiger partial charge >= 0.3 is 0 Å². The van der Waals surface area contributed by atoms with Crippen LogP contribution in [0.15, 0.2) is 0 Å². The number of hydrogen-bond acceptors (Lipinski definition) is 3. The summed E-state index contributed by atoms with van der Waals surface area (Å²) >= 11 is 0. The Kier molecular flexibility index (Phi) is 2.95. The molecule has 86 valence electrons. The van der Waals surface area contributed by atoms with Crippen molar-refractivity contribution >= 4 is 0 Å². The van der Waals surface area contributed by atoms with E-state index in [0.717, 1.165) is 19.1 Å². The van der Waals surface area contributed by atoms with Crippen LogP contribution in [0.5, 0.6) is 0 Å². The van der Waals surface area contributed by atoms with Gasteiger partial charge < -0.3 is 15.4 Å². The lowest BCUT2D eigenvalue weighted by Crippen LogP contribution is -2.50. The van der Waals surface area contributed by atoms with E-state index >= 15 is 0 Å². The van der Waals surface area contributed by atoms with Gasteiger partial charge in [-0.05, 0) is 44.6 Å². The van der Waals surface area contributed by atoms with Crippen LogP contribution in [0.25, 0.3) is 0 Å². The summed E-state index contributed by atoms with van der Waals surface area (Å²) in [4.78, 5) is 0. The summed E-state index contributed by atoms with van der Waals surface area (Å²) in [5.41, 5.74) is 0. The molecule has 0 bridgehead atoms. The molecule has 1 aliphatic carbocycles. The SMILES string of the molecule is C1CNCC(NC2CCOC2C2CC2)C1. The molecular formula is C12H22N2O. The number of ether oxygens (including phenoxy) is 1. The summed E-state index contributed by atoms with van der Waals surface area (Å²) in [6.45, 7) is 3.32. The van der Waals surface area contributed by atoms with Crippen molar-refractivity contribution in [2.45, 2.75) is 50.3 Å². The maximum absolute atomic E-state index is 5.85. The first-order chi connectivity index (χ1) is 7.43.